The number of ether oxygens (including phenoxy) is 1. The van der Waals surface area contributed by atoms with Gasteiger partial charge in [-0.05, 0) is 36.8 Å². The molecule has 2 aromatic carbocycles. The number of amides is 1. The third-order valence-corrected chi connectivity index (χ3v) is 4.33. The van der Waals surface area contributed by atoms with Crippen LogP contribution in [0, 0.1) is 6.92 Å². The van der Waals surface area contributed by atoms with Gasteiger partial charge < -0.3 is 9.64 Å². The second-order valence-corrected chi connectivity index (χ2v) is 6.38. The Morgan fingerprint density at radius 2 is 1.92 bits per heavy atom. The standard InChI is InChI=1S/C20H19ClN2O2/c1-14-5-7-15(8-6-14)12-23(2)19(24)13-25-18-10-9-17(21)16-4-3-11-22-20(16)18/h3-11H,12-13H2,1-2H3. The van der Waals surface area contributed by atoms with E-state index < -0.39 is 0 Å². The van der Waals surface area contributed by atoms with Gasteiger partial charge in [0.1, 0.15) is 11.3 Å². The first-order valence-corrected chi connectivity index (χ1v) is 8.38. The average molecular weight is 355 g/mol. The molecule has 1 amide bonds. The van der Waals surface area contributed by atoms with Gasteiger partial charge in [0, 0.05) is 25.2 Å². The van der Waals surface area contributed by atoms with E-state index in [1.807, 2.05) is 43.3 Å². The van der Waals surface area contributed by atoms with Gasteiger partial charge in [-0.1, -0.05) is 41.4 Å². The van der Waals surface area contributed by atoms with Crippen LogP contribution in [0.1, 0.15) is 11.1 Å². The largest absolute Gasteiger partial charge is 0.481 e. The topological polar surface area (TPSA) is 42.4 Å². The van der Waals surface area contributed by atoms with Crippen LogP contribution in [0.25, 0.3) is 10.9 Å². The maximum Gasteiger partial charge on any atom is 0.260 e. The highest BCUT2D eigenvalue weighted by atomic mass is 35.5. The molecule has 0 bridgehead atoms. The quantitative estimate of drug-likeness (QED) is 0.688. The summed E-state index contributed by atoms with van der Waals surface area (Å²) in [6, 6.07) is 15.3. The molecule has 0 saturated carbocycles. The van der Waals surface area contributed by atoms with Gasteiger partial charge in [-0.3, -0.25) is 9.78 Å². The van der Waals surface area contributed by atoms with E-state index >= 15 is 0 Å². The second kappa shape index (κ2) is 7.53. The summed E-state index contributed by atoms with van der Waals surface area (Å²) in [6.07, 6.45) is 1.68. The lowest BCUT2D eigenvalue weighted by molar-refractivity contribution is -0.132. The van der Waals surface area contributed by atoms with Crippen molar-refractivity contribution in [3.8, 4) is 5.75 Å². The Morgan fingerprint density at radius 1 is 1.16 bits per heavy atom. The summed E-state index contributed by atoms with van der Waals surface area (Å²) in [5, 5.41) is 1.42. The zero-order valence-corrected chi connectivity index (χ0v) is 15.0. The molecule has 0 aliphatic heterocycles. The zero-order chi connectivity index (χ0) is 17.8. The SMILES string of the molecule is Cc1ccc(CN(C)C(=O)COc2ccc(Cl)c3cccnc23)cc1. The summed E-state index contributed by atoms with van der Waals surface area (Å²) in [7, 11) is 1.77. The lowest BCUT2D eigenvalue weighted by Gasteiger charge is -2.18. The fraction of sp³-hybridized carbons (Fsp3) is 0.200. The van der Waals surface area contributed by atoms with Gasteiger partial charge in [-0.2, -0.15) is 0 Å². The van der Waals surface area contributed by atoms with Crippen LogP contribution >= 0.6 is 11.6 Å². The van der Waals surface area contributed by atoms with Crippen LogP contribution in [-0.2, 0) is 11.3 Å². The molecule has 0 aliphatic rings. The molecule has 5 heteroatoms. The molecule has 4 nitrogen and oxygen atoms in total. The van der Waals surface area contributed by atoms with Gasteiger partial charge in [0.2, 0.25) is 0 Å². The second-order valence-electron chi connectivity index (χ2n) is 5.97. The Bertz CT molecular complexity index is 894. The summed E-state index contributed by atoms with van der Waals surface area (Å²) in [5.41, 5.74) is 2.94. The third-order valence-electron chi connectivity index (χ3n) is 4.00. The molecule has 1 heterocycles. The monoisotopic (exact) mass is 354 g/mol. The number of pyridine rings is 1. The average Bonchev–Trinajstić information content (AvgIpc) is 2.63. The fourth-order valence-electron chi connectivity index (χ4n) is 2.53. The Balaban J connectivity index is 1.66. The minimum absolute atomic E-state index is 0.0460. The van der Waals surface area contributed by atoms with Crippen LogP contribution in [0.2, 0.25) is 5.02 Å². The predicted molar refractivity (Wildman–Crippen MR) is 99.9 cm³/mol. The zero-order valence-electron chi connectivity index (χ0n) is 14.2. The Hall–Kier alpha value is -2.59. The first-order valence-electron chi connectivity index (χ1n) is 8.00. The molecule has 0 N–H and O–H groups in total. The van der Waals surface area contributed by atoms with E-state index in [1.54, 1.807) is 30.3 Å². The van der Waals surface area contributed by atoms with Crippen LogP contribution in [-0.4, -0.2) is 29.4 Å². The van der Waals surface area contributed by atoms with Crippen molar-refractivity contribution < 1.29 is 9.53 Å². The molecular formula is C20H19ClN2O2. The predicted octanol–water partition coefficient (Wildman–Crippen LogP) is 4.23. The van der Waals surface area contributed by atoms with E-state index in [9.17, 15) is 4.79 Å². The summed E-state index contributed by atoms with van der Waals surface area (Å²) >= 11 is 6.17. The Morgan fingerprint density at radius 3 is 2.68 bits per heavy atom. The summed E-state index contributed by atoms with van der Waals surface area (Å²) in [4.78, 5) is 18.3. The molecule has 128 valence electrons. The van der Waals surface area contributed by atoms with Crippen LogP contribution in [0.15, 0.2) is 54.7 Å². The van der Waals surface area contributed by atoms with E-state index in [4.69, 9.17) is 16.3 Å². The molecule has 0 unspecified atom stereocenters. The van der Waals surface area contributed by atoms with Gasteiger partial charge in [0.05, 0.1) is 5.02 Å². The lowest BCUT2D eigenvalue weighted by atomic mass is 10.1. The first kappa shape index (κ1) is 17.2. The Kier molecular flexibility index (Phi) is 5.19. The highest BCUT2D eigenvalue weighted by molar-refractivity contribution is 6.35. The normalized spacial score (nSPS) is 10.7. The third kappa shape index (κ3) is 4.09. The van der Waals surface area contributed by atoms with E-state index in [1.165, 1.54) is 5.56 Å². The molecule has 0 atom stereocenters. The molecule has 1 aromatic heterocycles. The van der Waals surface area contributed by atoms with E-state index in [0.29, 0.717) is 22.8 Å². The molecule has 0 spiro atoms. The van der Waals surface area contributed by atoms with Crippen LogP contribution in [0.4, 0.5) is 0 Å². The first-order chi connectivity index (χ1) is 12.0. The number of benzene rings is 2. The van der Waals surface area contributed by atoms with Crippen LogP contribution in [0.3, 0.4) is 0 Å². The highest BCUT2D eigenvalue weighted by Gasteiger charge is 2.12. The molecule has 0 saturated heterocycles. The summed E-state index contributed by atoms with van der Waals surface area (Å²) in [5.74, 6) is 0.455. The van der Waals surface area contributed by atoms with Crippen molar-refractivity contribution in [1.29, 1.82) is 0 Å². The number of rotatable bonds is 5. The minimum Gasteiger partial charge on any atom is -0.481 e. The number of aryl methyl sites for hydroxylation is 1. The Labute approximate surface area is 152 Å². The smallest absolute Gasteiger partial charge is 0.260 e. The van der Waals surface area contributed by atoms with Gasteiger partial charge >= 0.3 is 0 Å². The fourth-order valence-corrected chi connectivity index (χ4v) is 2.75. The highest BCUT2D eigenvalue weighted by Crippen LogP contribution is 2.29. The molecule has 0 radical (unpaired) electrons. The van der Waals surface area contributed by atoms with Crippen LogP contribution in [0.5, 0.6) is 5.75 Å². The van der Waals surface area contributed by atoms with Crippen molar-refractivity contribution in [2.75, 3.05) is 13.7 Å². The van der Waals surface area contributed by atoms with Crippen molar-refractivity contribution in [2.45, 2.75) is 13.5 Å². The van der Waals surface area contributed by atoms with E-state index in [0.717, 1.165) is 10.9 Å². The van der Waals surface area contributed by atoms with Crippen molar-refractivity contribution in [1.82, 2.24) is 9.88 Å². The minimum atomic E-state index is -0.0976. The van der Waals surface area contributed by atoms with Gasteiger partial charge in [0.15, 0.2) is 6.61 Å². The molecule has 25 heavy (non-hydrogen) atoms. The van der Waals surface area contributed by atoms with Gasteiger partial charge in [-0.25, -0.2) is 0 Å². The number of nitrogens with zero attached hydrogens (tertiary/aromatic N) is 2. The number of hydrogen-bond donors (Lipinski definition) is 0. The van der Waals surface area contributed by atoms with E-state index in [2.05, 4.69) is 4.98 Å². The molecule has 0 fully saturated rings. The maximum atomic E-state index is 12.3. The number of aromatic nitrogens is 1. The molecule has 3 aromatic rings. The van der Waals surface area contributed by atoms with Crippen molar-refractivity contribution >= 4 is 28.4 Å². The number of carbonyl (C=O) groups excluding carboxylic acids is 1. The number of likely N-dealkylation sites (N-methyl/N-ethyl adjacent to an activating group) is 1. The number of carbonyl (C=O) groups is 1. The molecular weight excluding hydrogens is 336 g/mol. The number of hydrogen-bond acceptors (Lipinski definition) is 3. The lowest BCUT2D eigenvalue weighted by Crippen LogP contribution is -2.31. The van der Waals surface area contributed by atoms with Gasteiger partial charge in [-0.15, -0.1) is 0 Å². The maximum absolute atomic E-state index is 12.3. The van der Waals surface area contributed by atoms with Crippen LogP contribution < -0.4 is 4.74 Å². The van der Waals surface area contributed by atoms with Crippen molar-refractivity contribution in [3.63, 3.8) is 0 Å². The van der Waals surface area contributed by atoms with Crippen molar-refractivity contribution in [3.05, 3.63) is 70.9 Å². The summed E-state index contributed by atoms with van der Waals surface area (Å²) in [6.45, 7) is 2.54. The van der Waals surface area contributed by atoms with Crippen molar-refractivity contribution in [2.24, 2.45) is 0 Å². The van der Waals surface area contributed by atoms with Gasteiger partial charge in [0.25, 0.3) is 5.91 Å². The number of fused-ring (bicyclic) bond motifs is 1. The van der Waals surface area contributed by atoms with E-state index in [-0.39, 0.29) is 12.5 Å². The molecule has 0 aliphatic carbocycles. The molecule has 3 rings (SSSR count). The summed E-state index contributed by atoms with van der Waals surface area (Å²) < 4.78 is 5.70. The number of halogens is 1.